The third-order valence-electron chi connectivity index (χ3n) is 4.97. The lowest BCUT2D eigenvalue weighted by molar-refractivity contribution is -0.900. The van der Waals surface area contributed by atoms with Crippen molar-refractivity contribution >= 4 is 12.0 Å². The van der Waals surface area contributed by atoms with Crippen molar-refractivity contribution in [3.63, 3.8) is 0 Å². The van der Waals surface area contributed by atoms with Gasteiger partial charge in [0.05, 0.1) is 44.6 Å². The van der Waals surface area contributed by atoms with Gasteiger partial charge in [-0.3, -0.25) is 0 Å². The van der Waals surface area contributed by atoms with Crippen LogP contribution in [0.1, 0.15) is 30.9 Å². The second-order valence-electron chi connectivity index (χ2n) is 6.68. The Balaban J connectivity index is 1.98. The summed E-state index contributed by atoms with van der Waals surface area (Å²) in [7, 11) is 2.95. The van der Waals surface area contributed by atoms with Crippen LogP contribution < -0.4 is 20.3 Å². The number of carbonyl (C=O) groups is 2. The Morgan fingerprint density at radius 3 is 2.69 bits per heavy atom. The smallest absolute Gasteiger partial charge is 0.338 e. The molecule has 2 amide bonds. The number of hydrogen-bond donors (Lipinski definition) is 3. The Kier molecular flexibility index (Phi) is 5.78. The van der Waals surface area contributed by atoms with Gasteiger partial charge in [0.2, 0.25) is 0 Å². The van der Waals surface area contributed by atoms with Crippen molar-refractivity contribution in [3.05, 3.63) is 41.1 Å². The summed E-state index contributed by atoms with van der Waals surface area (Å²) >= 11 is 0. The van der Waals surface area contributed by atoms with E-state index in [9.17, 15) is 9.59 Å². The minimum absolute atomic E-state index is 0.308. The predicted molar refractivity (Wildman–Crippen MR) is 95.9 cm³/mol. The summed E-state index contributed by atoms with van der Waals surface area (Å²) in [5.74, 6) is 0.236. The lowest BCUT2D eigenvalue weighted by atomic mass is 9.94. The van der Waals surface area contributed by atoms with E-state index < -0.39 is 12.0 Å². The number of rotatable bonds is 5. The predicted octanol–water partition coefficient (Wildman–Crippen LogP) is 0.545. The molecule has 0 saturated carbocycles. The lowest BCUT2D eigenvalue weighted by Gasteiger charge is -2.31. The molecule has 1 saturated heterocycles. The maximum Gasteiger partial charge on any atom is 0.338 e. The Hall–Kier alpha value is -2.54. The monoisotopic (exact) mass is 360 g/mol. The third-order valence-corrected chi connectivity index (χ3v) is 4.97. The van der Waals surface area contributed by atoms with E-state index in [1.165, 1.54) is 31.3 Å². The topological polar surface area (TPSA) is 81.1 Å². The lowest BCUT2D eigenvalue weighted by Crippen LogP contribution is -3.13. The van der Waals surface area contributed by atoms with Crippen molar-refractivity contribution in [1.29, 1.82) is 0 Å². The highest BCUT2D eigenvalue weighted by molar-refractivity contribution is 5.95. The van der Waals surface area contributed by atoms with Crippen LogP contribution in [0.3, 0.4) is 0 Å². The molecule has 3 N–H and O–H groups in total. The van der Waals surface area contributed by atoms with E-state index in [2.05, 4.69) is 10.6 Å². The first-order valence-corrected chi connectivity index (χ1v) is 8.98. The quantitative estimate of drug-likeness (QED) is 0.670. The van der Waals surface area contributed by atoms with Crippen LogP contribution in [0, 0.1) is 0 Å². The molecule has 3 rings (SSSR count). The van der Waals surface area contributed by atoms with E-state index in [0.717, 1.165) is 18.7 Å². The van der Waals surface area contributed by atoms with E-state index in [4.69, 9.17) is 9.47 Å². The maximum absolute atomic E-state index is 12.6. The largest absolute Gasteiger partial charge is 0.497 e. The summed E-state index contributed by atoms with van der Waals surface area (Å²) in [6.07, 6.45) is 3.58. The van der Waals surface area contributed by atoms with Crippen LogP contribution in [-0.2, 0) is 9.53 Å². The van der Waals surface area contributed by atoms with Crippen LogP contribution in [0.2, 0.25) is 0 Å². The van der Waals surface area contributed by atoms with Crippen molar-refractivity contribution in [1.82, 2.24) is 10.6 Å². The normalized spacial score (nSPS) is 21.0. The number of piperidine rings is 1. The minimum Gasteiger partial charge on any atom is -0.497 e. The number of likely N-dealkylation sites (tertiary alicyclic amines) is 1. The van der Waals surface area contributed by atoms with Crippen molar-refractivity contribution in [2.24, 2.45) is 0 Å². The third kappa shape index (κ3) is 3.99. The summed E-state index contributed by atoms with van der Waals surface area (Å²) in [4.78, 5) is 26.2. The van der Waals surface area contributed by atoms with E-state index >= 15 is 0 Å². The van der Waals surface area contributed by atoms with E-state index in [1.54, 1.807) is 7.11 Å². The van der Waals surface area contributed by atoms with Crippen molar-refractivity contribution in [2.75, 3.05) is 33.9 Å². The molecule has 1 atom stereocenters. The standard InChI is InChI=1S/C19H25N3O4/c1-25-14-8-6-7-13(11-14)17-16(18(23)26-2)15(20-19(24)21-17)12-22-9-4-3-5-10-22/h6-8,11,17H,3-5,9-10,12H2,1-2H3,(H2,20,21,24)/p+1/t17-/m1/s1. The number of quaternary nitrogens is 1. The molecule has 1 aromatic carbocycles. The van der Waals surface area contributed by atoms with Gasteiger partial charge in [0.1, 0.15) is 12.3 Å². The van der Waals surface area contributed by atoms with Crippen molar-refractivity contribution < 1.29 is 24.0 Å². The van der Waals surface area contributed by atoms with Gasteiger partial charge in [0, 0.05) is 0 Å². The second kappa shape index (κ2) is 8.23. The zero-order chi connectivity index (χ0) is 18.5. The summed E-state index contributed by atoms with van der Waals surface area (Å²) in [6, 6.07) is 6.49. The highest BCUT2D eigenvalue weighted by Crippen LogP contribution is 2.29. The van der Waals surface area contributed by atoms with Gasteiger partial charge in [-0.25, -0.2) is 9.59 Å². The van der Waals surface area contributed by atoms with Crippen LogP contribution in [0.5, 0.6) is 5.75 Å². The zero-order valence-electron chi connectivity index (χ0n) is 15.3. The molecule has 2 heterocycles. The second-order valence-corrected chi connectivity index (χ2v) is 6.68. The fourth-order valence-corrected chi connectivity index (χ4v) is 3.66. The number of carbonyl (C=O) groups excluding carboxylic acids is 2. The minimum atomic E-state index is -0.564. The Morgan fingerprint density at radius 1 is 1.23 bits per heavy atom. The molecule has 26 heavy (non-hydrogen) atoms. The molecule has 0 aliphatic carbocycles. The molecule has 1 fully saturated rings. The Bertz CT molecular complexity index is 710. The first-order valence-electron chi connectivity index (χ1n) is 8.98. The average molecular weight is 360 g/mol. The number of urea groups is 1. The van der Waals surface area contributed by atoms with Crippen LogP contribution >= 0.6 is 0 Å². The summed E-state index contributed by atoms with van der Waals surface area (Å²) in [5, 5.41) is 5.68. The number of ether oxygens (including phenoxy) is 2. The van der Waals surface area contributed by atoms with Gasteiger partial charge >= 0.3 is 12.0 Å². The molecule has 0 unspecified atom stereocenters. The van der Waals surface area contributed by atoms with E-state index in [1.807, 2.05) is 24.3 Å². The molecular weight excluding hydrogens is 334 g/mol. The molecule has 0 spiro atoms. The molecular formula is C19H26N3O4+. The SMILES string of the molecule is COC(=O)C1=C(C[NH+]2CCCCC2)NC(=O)N[C@@H]1c1cccc(OC)c1. The van der Waals surface area contributed by atoms with E-state index in [-0.39, 0.29) is 6.03 Å². The summed E-state index contributed by atoms with van der Waals surface area (Å²) in [5.41, 5.74) is 1.88. The van der Waals surface area contributed by atoms with Crippen molar-refractivity contribution in [2.45, 2.75) is 25.3 Å². The molecule has 0 bridgehead atoms. The number of amides is 2. The van der Waals surface area contributed by atoms with Gasteiger partial charge < -0.3 is 25.0 Å². The zero-order valence-corrected chi connectivity index (χ0v) is 15.3. The number of benzene rings is 1. The first kappa shape index (κ1) is 18.3. The van der Waals surface area contributed by atoms with Gasteiger partial charge in [-0.2, -0.15) is 0 Å². The summed E-state index contributed by atoms with van der Waals surface area (Å²) in [6.45, 7) is 2.70. The molecule has 0 aromatic heterocycles. The molecule has 2 aliphatic rings. The number of esters is 1. The van der Waals surface area contributed by atoms with Crippen LogP contribution in [-0.4, -0.2) is 45.9 Å². The Morgan fingerprint density at radius 2 is 2.00 bits per heavy atom. The molecule has 2 aliphatic heterocycles. The van der Waals surface area contributed by atoms with Gasteiger partial charge in [-0.05, 0) is 37.0 Å². The van der Waals surface area contributed by atoms with E-state index in [0.29, 0.717) is 23.6 Å². The first-order chi connectivity index (χ1) is 12.6. The molecule has 140 valence electrons. The van der Waals surface area contributed by atoms with Gasteiger partial charge in [0.25, 0.3) is 0 Å². The van der Waals surface area contributed by atoms with Gasteiger partial charge in [-0.15, -0.1) is 0 Å². The number of nitrogens with one attached hydrogen (secondary N) is 3. The average Bonchev–Trinajstić information content (AvgIpc) is 2.68. The van der Waals surface area contributed by atoms with Gasteiger partial charge in [-0.1, -0.05) is 12.1 Å². The fourth-order valence-electron chi connectivity index (χ4n) is 3.66. The van der Waals surface area contributed by atoms with Crippen LogP contribution in [0.25, 0.3) is 0 Å². The Labute approximate surface area is 153 Å². The van der Waals surface area contributed by atoms with Crippen molar-refractivity contribution in [3.8, 4) is 5.75 Å². The highest BCUT2D eigenvalue weighted by Gasteiger charge is 2.35. The molecule has 7 heteroatoms. The number of hydrogen-bond acceptors (Lipinski definition) is 4. The molecule has 1 aromatic rings. The van der Waals surface area contributed by atoms with Crippen LogP contribution in [0.4, 0.5) is 4.79 Å². The fraction of sp³-hybridized carbons (Fsp3) is 0.474. The molecule has 7 nitrogen and oxygen atoms in total. The summed E-state index contributed by atoms with van der Waals surface area (Å²) < 4.78 is 10.3. The van der Waals surface area contributed by atoms with Gasteiger partial charge in [0.15, 0.2) is 0 Å². The highest BCUT2D eigenvalue weighted by atomic mass is 16.5. The number of methoxy groups -OCH3 is 2. The van der Waals surface area contributed by atoms with Crippen LogP contribution in [0.15, 0.2) is 35.5 Å². The maximum atomic E-state index is 12.6. The molecule has 0 radical (unpaired) electrons.